The Bertz CT molecular complexity index is 515. The van der Waals surface area contributed by atoms with E-state index in [0.29, 0.717) is 12.0 Å². The maximum Gasteiger partial charge on any atom is 0.105 e. The molecule has 0 fully saturated rings. The van der Waals surface area contributed by atoms with Crippen molar-refractivity contribution < 1.29 is 4.42 Å². The molecule has 1 N–H and O–H groups in total. The molecule has 0 saturated carbocycles. The highest BCUT2D eigenvalue weighted by molar-refractivity contribution is 5.30. The normalized spacial score (nSPS) is 14.3. The number of hydrogen-bond donors (Lipinski definition) is 1. The largest absolute Gasteiger partial charge is 0.466 e. The number of hydrogen-bond acceptors (Lipinski definition) is 2. The molecule has 1 aromatic carbocycles. The van der Waals surface area contributed by atoms with Crippen LogP contribution in [0.25, 0.3) is 0 Å². The van der Waals surface area contributed by atoms with Gasteiger partial charge in [-0.1, -0.05) is 37.3 Å². The Morgan fingerprint density at radius 1 is 1.16 bits per heavy atom. The molecule has 102 valence electrons. The summed E-state index contributed by atoms with van der Waals surface area (Å²) in [6.45, 7) is 6.29. The average Bonchev–Trinajstić information content (AvgIpc) is 2.75. The molecular formula is C17H23NO. The zero-order valence-corrected chi connectivity index (χ0v) is 12.2. The Hall–Kier alpha value is -1.54. The van der Waals surface area contributed by atoms with Gasteiger partial charge in [-0.15, -0.1) is 0 Å². The van der Waals surface area contributed by atoms with Gasteiger partial charge in [0.25, 0.3) is 0 Å². The first-order chi connectivity index (χ1) is 9.17. The fourth-order valence-electron chi connectivity index (χ4n) is 2.90. The molecule has 0 saturated heterocycles. The number of rotatable bonds is 5. The summed E-state index contributed by atoms with van der Waals surface area (Å²) >= 11 is 0. The fourth-order valence-corrected chi connectivity index (χ4v) is 2.90. The summed E-state index contributed by atoms with van der Waals surface area (Å²) in [5.74, 6) is 2.46. The zero-order valence-electron chi connectivity index (χ0n) is 12.2. The van der Waals surface area contributed by atoms with Gasteiger partial charge in [0.1, 0.15) is 11.5 Å². The summed E-state index contributed by atoms with van der Waals surface area (Å²) in [6, 6.07) is 13.2. The predicted octanol–water partition coefficient (Wildman–Crippen LogP) is 4.35. The third-order valence-corrected chi connectivity index (χ3v) is 3.80. The van der Waals surface area contributed by atoms with Crippen LogP contribution in [0.5, 0.6) is 0 Å². The molecule has 0 aliphatic heterocycles. The van der Waals surface area contributed by atoms with Crippen molar-refractivity contribution in [3.63, 3.8) is 0 Å². The van der Waals surface area contributed by atoms with Crippen LogP contribution < -0.4 is 5.32 Å². The minimum atomic E-state index is 0.296. The van der Waals surface area contributed by atoms with Gasteiger partial charge in [0, 0.05) is 17.5 Å². The van der Waals surface area contributed by atoms with E-state index >= 15 is 0 Å². The summed E-state index contributed by atoms with van der Waals surface area (Å²) < 4.78 is 5.69. The highest BCUT2D eigenvalue weighted by Gasteiger charge is 2.25. The Morgan fingerprint density at radius 2 is 1.84 bits per heavy atom. The van der Waals surface area contributed by atoms with Crippen LogP contribution in [0.2, 0.25) is 0 Å². The summed E-state index contributed by atoms with van der Waals surface area (Å²) in [5, 5.41) is 3.46. The lowest BCUT2D eigenvalue weighted by Gasteiger charge is -2.26. The van der Waals surface area contributed by atoms with Crippen molar-refractivity contribution >= 4 is 0 Å². The van der Waals surface area contributed by atoms with Crippen molar-refractivity contribution in [3.05, 3.63) is 59.0 Å². The van der Waals surface area contributed by atoms with E-state index in [1.807, 2.05) is 20.9 Å². The third-order valence-electron chi connectivity index (χ3n) is 3.80. The van der Waals surface area contributed by atoms with E-state index in [1.165, 1.54) is 11.1 Å². The second-order valence-corrected chi connectivity index (χ2v) is 5.06. The van der Waals surface area contributed by atoms with Gasteiger partial charge < -0.3 is 9.73 Å². The molecule has 0 spiro atoms. The van der Waals surface area contributed by atoms with E-state index in [9.17, 15) is 0 Å². The SMILES string of the molecule is CCC(c1ccccc1)C(NC)c1cc(C)oc1C. The summed E-state index contributed by atoms with van der Waals surface area (Å²) in [4.78, 5) is 0. The first-order valence-corrected chi connectivity index (χ1v) is 6.96. The standard InChI is InChI=1S/C17H23NO/c1-5-15(14-9-7-6-8-10-14)17(18-4)16-11-12(2)19-13(16)3/h6-11,15,17-18H,5H2,1-4H3. The Kier molecular flexibility index (Phi) is 4.43. The first kappa shape index (κ1) is 13.9. The van der Waals surface area contributed by atoms with Gasteiger partial charge in [-0.3, -0.25) is 0 Å². The van der Waals surface area contributed by atoms with Crippen LogP contribution in [0, 0.1) is 13.8 Å². The van der Waals surface area contributed by atoms with Crippen LogP contribution in [-0.2, 0) is 0 Å². The zero-order chi connectivity index (χ0) is 13.8. The molecular weight excluding hydrogens is 234 g/mol. The van der Waals surface area contributed by atoms with Gasteiger partial charge in [0.05, 0.1) is 0 Å². The quantitative estimate of drug-likeness (QED) is 0.861. The van der Waals surface area contributed by atoms with Crippen molar-refractivity contribution in [2.75, 3.05) is 7.05 Å². The number of benzene rings is 1. The highest BCUT2D eigenvalue weighted by Crippen LogP contribution is 2.35. The maximum atomic E-state index is 5.69. The predicted molar refractivity (Wildman–Crippen MR) is 79.5 cm³/mol. The molecule has 2 atom stereocenters. The van der Waals surface area contributed by atoms with E-state index in [1.54, 1.807) is 0 Å². The van der Waals surface area contributed by atoms with Crippen LogP contribution in [0.1, 0.15) is 48.0 Å². The minimum absolute atomic E-state index is 0.296. The molecule has 0 aliphatic carbocycles. The van der Waals surface area contributed by atoms with Crippen molar-refractivity contribution in [2.24, 2.45) is 0 Å². The molecule has 2 unspecified atom stereocenters. The van der Waals surface area contributed by atoms with Crippen molar-refractivity contribution in [2.45, 2.75) is 39.2 Å². The molecule has 1 heterocycles. The molecule has 0 bridgehead atoms. The molecule has 2 aromatic rings. The molecule has 2 nitrogen and oxygen atoms in total. The van der Waals surface area contributed by atoms with E-state index in [-0.39, 0.29) is 0 Å². The molecule has 0 radical (unpaired) electrons. The second kappa shape index (κ2) is 6.07. The molecule has 19 heavy (non-hydrogen) atoms. The molecule has 0 aliphatic rings. The van der Waals surface area contributed by atoms with E-state index in [4.69, 9.17) is 4.42 Å². The van der Waals surface area contributed by atoms with Crippen LogP contribution >= 0.6 is 0 Å². The lowest BCUT2D eigenvalue weighted by molar-refractivity contribution is 0.448. The van der Waals surface area contributed by atoms with E-state index in [2.05, 4.69) is 48.6 Å². The van der Waals surface area contributed by atoms with Crippen molar-refractivity contribution in [1.82, 2.24) is 5.32 Å². The number of aryl methyl sites for hydroxylation is 2. The van der Waals surface area contributed by atoms with Crippen LogP contribution in [0.3, 0.4) is 0 Å². The van der Waals surface area contributed by atoms with Gasteiger partial charge in [-0.2, -0.15) is 0 Å². The lowest BCUT2D eigenvalue weighted by Crippen LogP contribution is -2.23. The molecule has 2 heteroatoms. The fraction of sp³-hybridized carbons (Fsp3) is 0.412. The topological polar surface area (TPSA) is 25.2 Å². The molecule has 2 rings (SSSR count). The second-order valence-electron chi connectivity index (χ2n) is 5.06. The van der Waals surface area contributed by atoms with Crippen molar-refractivity contribution in [1.29, 1.82) is 0 Å². The monoisotopic (exact) mass is 257 g/mol. The molecule has 1 aromatic heterocycles. The van der Waals surface area contributed by atoms with Gasteiger partial charge in [-0.25, -0.2) is 0 Å². The Labute approximate surface area is 115 Å². The summed E-state index contributed by atoms with van der Waals surface area (Å²) in [6.07, 6.45) is 1.10. The minimum Gasteiger partial charge on any atom is -0.466 e. The summed E-state index contributed by atoms with van der Waals surface area (Å²) in [7, 11) is 2.03. The Morgan fingerprint density at radius 3 is 2.32 bits per heavy atom. The smallest absolute Gasteiger partial charge is 0.105 e. The van der Waals surface area contributed by atoms with Crippen molar-refractivity contribution in [3.8, 4) is 0 Å². The van der Waals surface area contributed by atoms with Crippen LogP contribution in [0.4, 0.5) is 0 Å². The van der Waals surface area contributed by atoms with E-state index < -0.39 is 0 Å². The van der Waals surface area contributed by atoms with Gasteiger partial charge >= 0.3 is 0 Å². The number of likely N-dealkylation sites (N-methyl/N-ethyl adjacent to an activating group) is 1. The molecule has 0 amide bonds. The summed E-state index contributed by atoms with van der Waals surface area (Å²) in [5.41, 5.74) is 2.65. The van der Waals surface area contributed by atoms with Gasteiger partial charge in [0.2, 0.25) is 0 Å². The first-order valence-electron chi connectivity index (χ1n) is 6.96. The van der Waals surface area contributed by atoms with Gasteiger partial charge in [0.15, 0.2) is 0 Å². The van der Waals surface area contributed by atoms with Crippen LogP contribution in [0.15, 0.2) is 40.8 Å². The maximum absolute atomic E-state index is 5.69. The average molecular weight is 257 g/mol. The number of nitrogens with one attached hydrogen (secondary N) is 1. The highest BCUT2D eigenvalue weighted by atomic mass is 16.3. The number of furan rings is 1. The third kappa shape index (κ3) is 2.90. The van der Waals surface area contributed by atoms with E-state index in [0.717, 1.165) is 17.9 Å². The van der Waals surface area contributed by atoms with Gasteiger partial charge in [-0.05, 0) is 38.9 Å². The lowest BCUT2D eigenvalue weighted by atomic mass is 9.85. The van der Waals surface area contributed by atoms with Crippen LogP contribution in [-0.4, -0.2) is 7.05 Å². The Balaban J connectivity index is 2.37.